The van der Waals surface area contributed by atoms with Crippen molar-refractivity contribution in [2.45, 2.75) is 6.42 Å². The summed E-state index contributed by atoms with van der Waals surface area (Å²) in [6.45, 7) is 0.492. The smallest absolute Gasteiger partial charge is 0.269 e. The molecule has 144 valence electrons. The first-order valence-corrected chi connectivity index (χ1v) is 8.97. The molecule has 0 spiro atoms. The average molecular weight is 377 g/mol. The van der Waals surface area contributed by atoms with E-state index >= 15 is 0 Å². The summed E-state index contributed by atoms with van der Waals surface area (Å²) in [5.41, 5.74) is 3.18. The normalized spacial score (nSPS) is 10.2. The second-order valence-corrected chi connectivity index (χ2v) is 6.12. The van der Waals surface area contributed by atoms with Gasteiger partial charge >= 0.3 is 0 Å². The predicted octanol–water partition coefficient (Wildman–Crippen LogP) is 3.81. The number of carbonyl (C=O) groups is 1. The van der Waals surface area contributed by atoms with Crippen LogP contribution in [0, 0.1) is 0 Å². The maximum absolute atomic E-state index is 12.4. The van der Waals surface area contributed by atoms with E-state index in [9.17, 15) is 4.79 Å². The highest BCUT2D eigenvalue weighted by Crippen LogP contribution is 2.27. The summed E-state index contributed by atoms with van der Waals surface area (Å²) in [5.74, 6) is 1.15. The molecule has 0 bridgehead atoms. The molecule has 3 rings (SSSR count). The first-order chi connectivity index (χ1) is 13.7. The summed E-state index contributed by atoms with van der Waals surface area (Å²) in [6, 6.07) is 19.1. The Morgan fingerprint density at radius 3 is 2.46 bits per heavy atom. The van der Waals surface area contributed by atoms with E-state index in [4.69, 9.17) is 9.47 Å². The molecule has 0 saturated heterocycles. The second kappa shape index (κ2) is 9.41. The van der Waals surface area contributed by atoms with Gasteiger partial charge in [-0.25, -0.2) is 0 Å². The summed E-state index contributed by atoms with van der Waals surface area (Å²) in [6.07, 6.45) is 2.29. The second-order valence-electron chi connectivity index (χ2n) is 6.12. The van der Waals surface area contributed by atoms with Crippen molar-refractivity contribution < 1.29 is 14.3 Å². The minimum absolute atomic E-state index is 0.211. The fraction of sp³-hybridized carbons (Fsp3) is 0.182. The van der Waals surface area contributed by atoms with Crippen molar-refractivity contribution in [3.05, 3.63) is 78.1 Å². The van der Waals surface area contributed by atoms with Gasteiger partial charge in [0.05, 0.1) is 14.2 Å². The molecule has 3 aromatic rings. The molecular formula is C22H23N3O3. The highest BCUT2D eigenvalue weighted by atomic mass is 16.5. The van der Waals surface area contributed by atoms with Crippen LogP contribution >= 0.6 is 0 Å². The first-order valence-electron chi connectivity index (χ1n) is 8.97. The molecule has 0 aliphatic rings. The number of nitrogens with one attached hydrogen (secondary N) is 2. The molecule has 1 heterocycles. The molecule has 1 aromatic heterocycles. The number of anilines is 2. The monoisotopic (exact) mass is 377 g/mol. The first kappa shape index (κ1) is 19.2. The Kier molecular flexibility index (Phi) is 6.46. The van der Waals surface area contributed by atoms with E-state index in [-0.39, 0.29) is 5.91 Å². The van der Waals surface area contributed by atoms with Crippen molar-refractivity contribution in [1.29, 1.82) is 0 Å². The lowest BCUT2D eigenvalue weighted by atomic mass is 10.1. The van der Waals surface area contributed by atoms with E-state index in [0.29, 0.717) is 30.2 Å². The van der Waals surface area contributed by atoms with Crippen molar-refractivity contribution in [3.63, 3.8) is 0 Å². The number of ether oxygens (including phenoxy) is 2. The average Bonchev–Trinajstić information content (AvgIpc) is 2.74. The van der Waals surface area contributed by atoms with Crippen LogP contribution in [-0.4, -0.2) is 31.7 Å². The summed E-state index contributed by atoms with van der Waals surface area (Å²) in [7, 11) is 3.21. The molecule has 6 nitrogen and oxygen atoms in total. The topological polar surface area (TPSA) is 72.5 Å². The minimum atomic E-state index is -0.211. The quantitative estimate of drug-likeness (QED) is 0.624. The molecule has 0 aliphatic heterocycles. The Labute approximate surface area is 164 Å². The number of pyridine rings is 1. The zero-order valence-corrected chi connectivity index (χ0v) is 15.9. The number of rotatable bonds is 8. The molecule has 0 fully saturated rings. The zero-order valence-electron chi connectivity index (χ0n) is 15.9. The van der Waals surface area contributed by atoms with Crippen LogP contribution in [0.1, 0.15) is 16.1 Å². The van der Waals surface area contributed by atoms with E-state index in [1.165, 1.54) is 0 Å². The van der Waals surface area contributed by atoms with Crippen LogP contribution < -0.4 is 20.1 Å². The van der Waals surface area contributed by atoms with Crippen molar-refractivity contribution in [1.82, 2.24) is 10.3 Å². The van der Waals surface area contributed by atoms with E-state index in [0.717, 1.165) is 16.9 Å². The SMILES string of the molecule is COc1ccc(CCNC(=O)c2cc(Nc3ccccc3)ccn2)cc1OC. The zero-order chi connectivity index (χ0) is 19.8. The van der Waals surface area contributed by atoms with Gasteiger partial charge in [-0.05, 0) is 48.4 Å². The Morgan fingerprint density at radius 1 is 0.929 bits per heavy atom. The van der Waals surface area contributed by atoms with Crippen molar-refractivity contribution >= 4 is 17.3 Å². The van der Waals surface area contributed by atoms with E-state index in [1.807, 2.05) is 54.6 Å². The molecule has 0 radical (unpaired) electrons. The highest BCUT2D eigenvalue weighted by Gasteiger charge is 2.09. The number of methoxy groups -OCH3 is 2. The number of hydrogen-bond donors (Lipinski definition) is 2. The third-order valence-corrected chi connectivity index (χ3v) is 4.20. The van der Waals surface area contributed by atoms with Crippen LogP contribution in [0.25, 0.3) is 0 Å². The van der Waals surface area contributed by atoms with Gasteiger partial charge in [0.25, 0.3) is 5.91 Å². The third-order valence-electron chi connectivity index (χ3n) is 4.20. The van der Waals surface area contributed by atoms with Gasteiger partial charge in [-0.15, -0.1) is 0 Å². The number of benzene rings is 2. The molecule has 1 amide bonds. The molecule has 0 aliphatic carbocycles. The summed E-state index contributed by atoms with van der Waals surface area (Å²) >= 11 is 0. The molecule has 6 heteroatoms. The van der Waals surface area contributed by atoms with E-state index in [2.05, 4.69) is 15.6 Å². The molecule has 0 saturated carbocycles. The van der Waals surface area contributed by atoms with Gasteiger partial charge in [0.2, 0.25) is 0 Å². The van der Waals surface area contributed by atoms with Crippen LogP contribution in [0.15, 0.2) is 66.9 Å². The standard InChI is InChI=1S/C22H23N3O3/c1-27-20-9-8-16(14-21(20)28-2)10-12-24-22(26)19-15-18(11-13-23-19)25-17-6-4-3-5-7-17/h3-9,11,13-15H,10,12H2,1-2H3,(H,23,25)(H,24,26). The van der Waals surface area contributed by atoms with Gasteiger partial charge in [-0.3, -0.25) is 9.78 Å². The van der Waals surface area contributed by atoms with Crippen LogP contribution in [0.5, 0.6) is 11.5 Å². The molecule has 2 N–H and O–H groups in total. The van der Waals surface area contributed by atoms with Crippen molar-refractivity contribution in [3.8, 4) is 11.5 Å². The van der Waals surface area contributed by atoms with E-state index in [1.54, 1.807) is 26.5 Å². The van der Waals surface area contributed by atoms with Crippen LogP contribution in [-0.2, 0) is 6.42 Å². The van der Waals surface area contributed by atoms with Gasteiger partial charge in [-0.1, -0.05) is 24.3 Å². The third kappa shape index (κ3) is 5.01. The highest BCUT2D eigenvalue weighted by molar-refractivity contribution is 5.93. The fourth-order valence-corrected chi connectivity index (χ4v) is 2.77. The maximum atomic E-state index is 12.4. The molecule has 28 heavy (non-hydrogen) atoms. The number of nitrogens with zero attached hydrogens (tertiary/aromatic N) is 1. The molecule has 0 unspecified atom stereocenters. The van der Waals surface area contributed by atoms with Gasteiger partial charge in [0.1, 0.15) is 5.69 Å². The van der Waals surface area contributed by atoms with Gasteiger partial charge in [-0.2, -0.15) is 0 Å². The minimum Gasteiger partial charge on any atom is -0.493 e. The number of para-hydroxylation sites is 1. The summed E-state index contributed by atoms with van der Waals surface area (Å²) < 4.78 is 10.5. The lowest BCUT2D eigenvalue weighted by Crippen LogP contribution is -2.26. The maximum Gasteiger partial charge on any atom is 0.269 e. The molecule has 0 atom stereocenters. The Bertz CT molecular complexity index is 929. The van der Waals surface area contributed by atoms with Gasteiger partial charge in [0, 0.05) is 24.1 Å². The van der Waals surface area contributed by atoms with Crippen molar-refractivity contribution in [2.75, 3.05) is 26.1 Å². The Hall–Kier alpha value is -3.54. The lowest BCUT2D eigenvalue weighted by molar-refractivity contribution is 0.0949. The largest absolute Gasteiger partial charge is 0.493 e. The summed E-state index contributed by atoms with van der Waals surface area (Å²) in [5, 5.41) is 6.16. The number of amides is 1. The molecular weight excluding hydrogens is 354 g/mol. The number of carbonyl (C=O) groups excluding carboxylic acids is 1. The van der Waals surface area contributed by atoms with Crippen molar-refractivity contribution in [2.24, 2.45) is 0 Å². The van der Waals surface area contributed by atoms with Gasteiger partial charge < -0.3 is 20.1 Å². The fourth-order valence-electron chi connectivity index (χ4n) is 2.77. The van der Waals surface area contributed by atoms with Crippen LogP contribution in [0.2, 0.25) is 0 Å². The summed E-state index contributed by atoms with van der Waals surface area (Å²) in [4.78, 5) is 16.6. The lowest BCUT2D eigenvalue weighted by Gasteiger charge is -2.10. The Balaban J connectivity index is 1.57. The van der Waals surface area contributed by atoms with Crippen LogP contribution in [0.3, 0.4) is 0 Å². The van der Waals surface area contributed by atoms with Gasteiger partial charge in [0.15, 0.2) is 11.5 Å². The Morgan fingerprint density at radius 2 is 1.71 bits per heavy atom. The number of hydrogen-bond acceptors (Lipinski definition) is 5. The predicted molar refractivity (Wildman–Crippen MR) is 110 cm³/mol. The van der Waals surface area contributed by atoms with E-state index < -0.39 is 0 Å². The molecule has 2 aromatic carbocycles. The number of aromatic nitrogens is 1. The van der Waals surface area contributed by atoms with Crippen LogP contribution in [0.4, 0.5) is 11.4 Å².